The third-order valence-corrected chi connectivity index (χ3v) is 3.57. The second-order valence-electron chi connectivity index (χ2n) is 5.15. The Morgan fingerprint density at radius 2 is 1.90 bits per heavy atom. The lowest BCUT2D eigenvalue weighted by Gasteiger charge is -2.08. The monoisotopic (exact) mass is 303 g/mol. The van der Waals surface area contributed by atoms with Crippen LogP contribution in [0.1, 0.15) is 19.5 Å². The Labute approximate surface area is 130 Å². The maximum atomic E-state index is 5.67. The van der Waals surface area contributed by atoms with Crippen LogP contribution in [0.2, 0.25) is 0 Å². The molecule has 0 radical (unpaired) electrons. The normalized spacial score (nSPS) is 10.9. The predicted octanol–water partition coefficient (Wildman–Crippen LogP) is 3.74. The molecule has 0 aliphatic heterocycles. The number of hydrogen-bond donors (Lipinski definition) is 1. The van der Waals surface area contributed by atoms with E-state index in [4.69, 9.17) is 4.74 Å². The van der Waals surface area contributed by atoms with Crippen LogP contribution in [0, 0.1) is 5.92 Å². The number of hydrogen-bond acceptors (Lipinski definition) is 5. The number of nitrogens with one attached hydrogen (secondary N) is 1. The molecule has 0 unspecified atom stereocenters. The summed E-state index contributed by atoms with van der Waals surface area (Å²) in [5.41, 5.74) is 0.917. The van der Waals surface area contributed by atoms with Crippen molar-refractivity contribution in [2.24, 2.45) is 5.92 Å². The Morgan fingerprint density at radius 1 is 1.14 bits per heavy atom. The molecule has 1 aromatic carbocycles. The summed E-state index contributed by atoms with van der Waals surface area (Å²) in [7, 11) is 0. The van der Waals surface area contributed by atoms with Gasteiger partial charge in [0.1, 0.15) is 5.75 Å². The average Bonchev–Trinajstić information content (AvgIpc) is 2.49. The molecule has 0 fully saturated rings. The van der Waals surface area contributed by atoms with Crippen LogP contribution >= 0.6 is 11.8 Å². The highest BCUT2D eigenvalue weighted by atomic mass is 32.2. The molecule has 5 heteroatoms. The minimum absolute atomic E-state index is 0.513. The Bertz CT molecular complexity index is 540. The van der Waals surface area contributed by atoms with Gasteiger partial charge in [0.05, 0.1) is 18.1 Å². The fourth-order valence-electron chi connectivity index (χ4n) is 1.74. The summed E-state index contributed by atoms with van der Waals surface area (Å²) in [6.45, 7) is 6.06. The van der Waals surface area contributed by atoms with Crippen molar-refractivity contribution in [1.82, 2.24) is 15.3 Å². The van der Waals surface area contributed by atoms with Crippen LogP contribution in [0.15, 0.2) is 41.6 Å². The van der Waals surface area contributed by atoms with Gasteiger partial charge in [0, 0.05) is 11.4 Å². The van der Waals surface area contributed by atoms with Gasteiger partial charge in [0.2, 0.25) is 5.88 Å². The fourth-order valence-corrected chi connectivity index (χ4v) is 2.15. The molecule has 4 nitrogen and oxygen atoms in total. The molecular weight excluding hydrogens is 282 g/mol. The van der Waals surface area contributed by atoms with Crippen LogP contribution in [0.5, 0.6) is 11.6 Å². The van der Waals surface area contributed by atoms with Crippen molar-refractivity contribution < 1.29 is 4.74 Å². The number of aromatic nitrogens is 2. The van der Waals surface area contributed by atoms with Gasteiger partial charge < -0.3 is 10.1 Å². The largest absolute Gasteiger partial charge is 0.438 e. The molecule has 112 valence electrons. The number of rotatable bonds is 7. The van der Waals surface area contributed by atoms with E-state index in [0.29, 0.717) is 11.8 Å². The molecular formula is C16H21N3OS. The number of thioether (sulfide) groups is 1. The zero-order valence-electron chi connectivity index (χ0n) is 12.7. The van der Waals surface area contributed by atoms with Gasteiger partial charge in [0.25, 0.3) is 0 Å². The van der Waals surface area contributed by atoms with E-state index in [1.54, 1.807) is 24.2 Å². The van der Waals surface area contributed by atoms with Crippen molar-refractivity contribution in [3.8, 4) is 11.6 Å². The van der Waals surface area contributed by atoms with Crippen LogP contribution in [0.4, 0.5) is 0 Å². The van der Waals surface area contributed by atoms with E-state index >= 15 is 0 Å². The second kappa shape index (κ2) is 8.00. The molecule has 0 bridgehead atoms. The van der Waals surface area contributed by atoms with Crippen molar-refractivity contribution in [2.75, 3.05) is 12.8 Å². The van der Waals surface area contributed by atoms with Gasteiger partial charge in [-0.15, -0.1) is 11.8 Å². The number of benzene rings is 1. The molecule has 0 atom stereocenters. The second-order valence-corrected chi connectivity index (χ2v) is 6.03. The summed E-state index contributed by atoms with van der Waals surface area (Å²) in [6, 6.07) is 7.92. The van der Waals surface area contributed by atoms with Crippen LogP contribution in [-0.4, -0.2) is 22.8 Å². The molecule has 0 spiro atoms. The van der Waals surface area contributed by atoms with Gasteiger partial charge in [-0.3, -0.25) is 4.98 Å². The van der Waals surface area contributed by atoms with Gasteiger partial charge in [-0.1, -0.05) is 13.8 Å². The highest BCUT2D eigenvalue weighted by Gasteiger charge is 2.01. The molecule has 0 saturated heterocycles. The Hall–Kier alpha value is -1.59. The Balaban J connectivity index is 1.89. The average molecular weight is 303 g/mol. The van der Waals surface area contributed by atoms with Crippen LogP contribution in [0.25, 0.3) is 0 Å². The quantitative estimate of drug-likeness (QED) is 0.790. The van der Waals surface area contributed by atoms with Crippen molar-refractivity contribution in [1.29, 1.82) is 0 Å². The van der Waals surface area contributed by atoms with E-state index < -0.39 is 0 Å². The van der Waals surface area contributed by atoms with Crippen molar-refractivity contribution in [3.63, 3.8) is 0 Å². The van der Waals surface area contributed by atoms with Crippen molar-refractivity contribution in [3.05, 3.63) is 42.4 Å². The standard InChI is InChI=1S/C16H21N3OS/c1-12(2)8-17-9-13-10-19-16(11-18-13)20-14-4-6-15(21-3)7-5-14/h4-7,10-12,17H,8-9H2,1-3H3. The Kier molecular flexibility index (Phi) is 6.02. The molecule has 0 amide bonds. The first-order valence-electron chi connectivity index (χ1n) is 7.01. The lowest BCUT2D eigenvalue weighted by Crippen LogP contribution is -2.19. The molecule has 1 heterocycles. The fraction of sp³-hybridized carbons (Fsp3) is 0.375. The summed E-state index contributed by atoms with van der Waals surface area (Å²) in [6.07, 6.45) is 5.46. The summed E-state index contributed by atoms with van der Waals surface area (Å²) in [5.74, 6) is 1.91. The minimum Gasteiger partial charge on any atom is -0.438 e. The predicted molar refractivity (Wildman–Crippen MR) is 86.9 cm³/mol. The van der Waals surface area contributed by atoms with Crippen LogP contribution in [0.3, 0.4) is 0 Å². The maximum Gasteiger partial charge on any atom is 0.237 e. The summed E-state index contributed by atoms with van der Waals surface area (Å²) >= 11 is 1.70. The van der Waals surface area contributed by atoms with Crippen molar-refractivity contribution >= 4 is 11.8 Å². The van der Waals surface area contributed by atoms with E-state index in [1.165, 1.54) is 4.90 Å². The molecule has 0 aliphatic rings. The highest BCUT2D eigenvalue weighted by molar-refractivity contribution is 7.98. The lowest BCUT2D eigenvalue weighted by atomic mass is 10.2. The third-order valence-electron chi connectivity index (χ3n) is 2.82. The van der Waals surface area contributed by atoms with E-state index in [1.807, 2.05) is 30.5 Å². The van der Waals surface area contributed by atoms with Gasteiger partial charge in [-0.2, -0.15) is 0 Å². The van der Waals surface area contributed by atoms with E-state index in [9.17, 15) is 0 Å². The van der Waals surface area contributed by atoms with Crippen LogP contribution < -0.4 is 10.1 Å². The highest BCUT2D eigenvalue weighted by Crippen LogP contribution is 2.22. The van der Waals surface area contributed by atoms with Gasteiger partial charge in [-0.05, 0) is 43.0 Å². The molecule has 21 heavy (non-hydrogen) atoms. The summed E-state index contributed by atoms with van der Waals surface area (Å²) in [4.78, 5) is 9.84. The first-order chi connectivity index (χ1) is 10.2. The zero-order chi connectivity index (χ0) is 15.1. The third kappa shape index (κ3) is 5.36. The van der Waals surface area contributed by atoms with E-state index in [-0.39, 0.29) is 0 Å². The van der Waals surface area contributed by atoms with Gasteiger partial charge in [0.15, 0.2) is 0 Å². The Morgan fingerprint density at radius 3 is 2.48 bits per heavy atom. The topological polar surface area (TPSA) is 47.0 Å². The minimum atomic E-state index is 0.513. The molecule has 2 rings (SSSR count). The molecule has 1 N–H and O–H groups in total. The summed E-state index contributed by atoms with van der Waals surface area (Å²) < 4.78 is 5.67. The summed E-state index contributed by atoms with van der Waals surface area (Å²) in [5, 5.41) is 3.34. The first kappa shape index (κ1) is 15.8. The number of nitrogens with zero attached hydrogens (tertiary/aromatic N) is 2. The smallest absolute Gasteiger partial charge is 0.237 e. The molecule has 0 aliphatic carbocycles. The van der Waals surface area contributed by atoms with Crippen LogP contribution in [-0.2, 0) is 6.54 Å². The zero-order valence-corrected chi connectivity index (χ0v) is 13.5. The first-order valence-corrected chi connectivity index (χ1v) is 8.23. The van der Waals surface area contributed by atoms with Gasteiger partial charge >= 0.3 is 0 Å². The van der Waals surface area contributed by atoms with Crippen molar-refractivity contribution in [2.45, 2.75) is 25.3 Å². The molecule has 2 aromatic rings. The number of ether oxygens (including phenoxy) is 1. The SMILES string of the molecule is CSc1ccc(Oc2cnc(CNCC(C)C)cn2)cc1. The van der Waals surface area contributed by atoms with E-state index in [2.05, 4.69) is 29.1 Å². The van der Waals surface area contributed by atoms with E-state index in [0.717, 1.165) is 24.5 Å². The van der Waals surface area contributed by atoms with Gasteiger partial charge in [-0.25, -0.2) is 4.98 Å². The molecule has 0 saturated carbocycles. The molecule has 1 aromatic heterocycles. The lowest BCUT2D eigenvalue weighted by molar-refractivity contribution is 0.458. The maximum absolute atomic E-state index is 5.67.